The van der Waals surface area contributed by atoms with E-state index in [9.17, 15) is 15.3 Å². The highest BCUT2D eigenvalue weighted by molar-refractivity contribution is 5.77. The number of carbonyl (C=O) groups excluding carboxylic acids is 1. The van der Waals surface area contributed by atoms with Gasteiger partial charge in [-0.1, -0.05) is 0 Å². The average Bonchev–Trinajstić information content (AvgIpc) is 3.33. The normalized spacial score (nSPS) is 17.7. The molecule has 176 valence electrons. The van der Waals surface area contributed by atoms with Crippen molar-refractivity contribution in [3.05, 3.63) is 54.4 Å². The maximum Gasteiger partial charge on any atom is 0.344 e. The quantitative estimate of drug-likeness (QED) is 0.438. The molecule has 2 unspecified atom stereocenters. The number of ether oxygens (including phenoxy) is 2. The summed E-state index contributed by atoms with van der Waals surface area (Å²) in [7, 11) is 4.48. The predicted octanol–water partition coefficient (Wildman–Crippen LogP) is 4.54. The molecule has 2 heterocycles. The van der Waals surface area contributed by atoms with Crippen LogP contribution in [0.2, 0.25) is 0 Å². The zero-order valence-corrected chi connectivity index (χ0v) is 19.3. The van der Waals surface area contributed by atoms with Gasteiger partial charge in [0.1, 0.15) is 23.2 Å². The summed E-state index contributed by atoms with van der Waals surface area (Å²) in [5, 5.41) is 19.7. The third-order valence-electron chi connectivity index (χ3n) is 5.98. The van der Waals surface area contributed by atoms with E-state index in [4.69, 9.17) is 18.9 Å². The molecule has 1 aliphatic rings. The second-order valence-electron chi connectivity index (χ2n) is 8.05. The van der Waals surface area contributed by atoms with Gasteiger partial charge >= 0.3 is 6.03 Å². The predicted molar refractivity (Wildman–Crippen MR) is 124 cm³/mol. The summed E-state index contributed by atoms with van der Waals surface area (Å²) < 4.78 is 16.9. The Balaban J connectivity index is 1.70. The summed E-state index contributed by atoms with van der Waals surface area (Å²) in [6.07, 6.45) is 0.920. The summed E-state index contributed by atoms with van der Waals surface area (Å²) in [6.45, 7) is 0.310. The van der Waals surface area contributed by atoms with Crippen LogP contribution in [-0.2, 0) is 0 Å². The van der Waals surface area contributed by atoms with Gasteiger partial charge in [-0.2, -0.15) is 5.26 Å². The zero-order valence-electron chi connectivity index (χ0n) is 19.3. The molecule has 4 rings (SSSR count). The van der Waals surface area contributed by atoms with Crippen molar-refractivity contribution >= 4 is 6.03 Å². The molecule has 0 spiro atoms. The number of aromatic nitrogens is 1. The Bertz CT molecular complexity index is 1120. The number of likely N-dealkylation sites (tertiary alicyclic amines) is 1. The van der Waals surface area contributed by atoms with E-state index in [-0.39, 0.29) is 5.92 Å². The number of piperidine rings is 1. The Kier molecular flexibility index (Phi) is 6.70. The molecule has 9 heteroatoms. The average molecular weight is 463 g/mol. The maximum absolute atomic E-state index is 12.2. The number of hydrogen-bond acceptors (Lipinski definition) is 7. The van der Waals surface area contributed by atoms with E-state index in [1.54, 1.807) is 14.2 Å². The van der Waals surface area contributed by atoms with Crippen LogP contribution in [0.3, 0.4) is 0 Å². The molecule has 34 heavy (non-hydrogen) atoms. The highest BCUT2D eigenvalue weighted by Crippen LogP contribution is 2.39. The molecule has 1 aliphatic heterocycles. The van der Waals surface area contributed by atoms with Crippen LogP contribution in [0.1, 0.15) is 24.7 Å². The molecule has 1 aromatic heterocycles. The van der Waals surface area contributed by atoms with Gasteiger partial charge in [0.25, 0.3) is 0 Å². The number of nitriles is 1. The molecule has 3 aromatic rings. The number of rotatable bonds is 5. The van der Waals surface area contributed by atoms with Gasteiger partial charge in [-0.15, -0.1) is 0 Å². The molecule has 0 saturated carbocycles. The molecule has 2 atom stereocenters. The second kappa shape index (κ2) is 9.85. The van der Waals surface area contributed by atoms with Crippen LogP contribution in [0.25, 0.3) is 22.6 Å². The molecule has 1 saturated heterocycles. The van der Waals surface area contributed by atoms with Crippen molar-refractivity contribution < 1.29 is 23.9 Å². The lowest BCUT2D eigenvalue weighted by Gasteiger charge is -2.35. The molecule has 9 nitrogen and oxygen atoms in total. The number of carbonyl (C=O) groups is 1. The van der Waals surface area contributed by atoms with Gasteiger partial charge in [0.05, 0.1) is 20.3 Å². The van der Waals surface area contributed by atoms with Crippen molar-refractivity contribution in [1.29, 1.82) is 5.26 Å². The molecule has 2 aromatic carbocycles. The lowest BCUT2D eigenvalue weighted by atomic mass is 9.91. The highest BCUT2D eigenvalue weighted by Gasteiger charge is 2.36. The Morgan fingerprint density at radius 2 is 1.71 bits per heavy atom. The van der Waals surface area contributed by atoms with Gasteiger partial charge < -0.3 is 18.8 Å². The fraction of sp³-hybridized carbons (Fsp3) is 0.320. The number of oxazole rings is 1. The van der Waals surface area contributed by atoms with Crippen molar-refractivity contribution in [3.63, 3.8) is 0 Å². The maximum atomic E-state index is 12.2. The lowest BCUT2D eigenvalue weighted by Crippen LogP contribution is -2.49. The van der Waals surface area contributed by atoms with Gasteiger partial charge in [-0.25, -0.2) is 14.8 Å². The van der Waals surface area contributed by atoms with Crippen molar-refractivity contribution in [1.82, 2.24) is 14.9 Å². The van der Waals surface area contributed by atoms with E-state index in [0.717, 1.165) is 22.6 Å². The Morgan fingerprint density at radius 3 is 2.24 bits per heavy atom. The first-order chi connectivity index (χ1) is 16.4. The van der Waals surface area contributed by atoms with Gasteiger partial charge in [-0.05, 0) is 61.4 Å². The van der Waals surface area contributed by atoms with Gasteiger partial charge in [0.2, 0.25) is 0 Å². The molecular formula is C25H26N4O5. The molecule has 2 amide bonds. The van der Waals surface area contributed by atoms with Crippen LogP contribution in [0.15, 0.2) is 52.9 Å². The lowest BCUT2D eigenvalue weighted by molar-refractivity contribution is -0.0390. The first-order valence-corrected chi connectivity index (χ1v) is 10.9. The third-order valence-corrected chi connectivity index (χ3v) is 5.98. The number of amides is 2. The topological polar surface area (TPSA) is 112 Å². The molecule has 1 fully saturated rings. The van der Waals surface area contributed by atoms with Gasteiger partial charge in [0, 0.05) is 30.6 Å². The molecule has 1 N–H and O–H groups in total. The Hall–Kier alpha value is -4.03. The fourth-order valence-electron chi connectivity index (χ4n) is 4.12. The van der Waals surface area contributed by atoms with E-state index >= 15 is 0 Å². The number of hydroxylamine groups is 2. The van der Waals surface area contributed by atoms with Gasteiger partial charge in [-0.3, -0.25) is 5.21 Å². The van der Waals surface area contributed by atoms with E-state index in [1.165, 1.54) is 11.9 Å². The Morgan fingerprint density at radius 1 is 1.12 bits per heavy atom. The molecule has 0 bridgehead atoms. The van der Waals surface area contributed by atoms with E-state index in [1.807, 2.05) is 48.5 Å². The van der Waals surface area contributed by atoms with Crippen molar-refractivity contribution in [2.24, 2.45) is 0 Å². The zero-order chi connectivity index (χ0) is 24.2. The number of urea groups is 1. The molecular weight excluding hydrogens is 436 g/mol. The van der Waals surface area contributed by atoms with Crippen LogP contribution < -0.4 is 9.47 Å². The smallest absolute Gasteiger partial charge is 0.344 e. The summed E-state index contributed by atoms with van der Waals surface area (Å²) in [6, 6.07) is 16.0. The first kappa shape index (κ1) is 23.1. The van der Waals surface area contributed by atoms with E-state index in [0.29, 0.717) is 41.8 Å². The van der Waals surface area contributed by atoms with Crippen LogP contribution >= 0.6 is 0 Å². The number of hydrogen-bond donors (Lipinski definition) is 1. The van der Waals surface area contributed by atoms with Crippen LogP contribution in [-0.4, -0.2) is 60.0 Å². The second-order valence-corrected chi connectivity index (χ2v) is 8.05. The fourth-order valence-corrected chi connectivity index (χ4v) is 4.12. The largest absolute Gasteiger partial charge is 0.497 e. The monoisotopic (exact) mass is 462 g/mol. The van der Waals surface area contributed by atoms with E-state index in [2.05, 4.69) is 6.07 Å². The minimum absolute atomic E-state index is 0.151. The standard InChI is InChI=1S/C25H26N4O5/c1-28(31)25(30)29-13-12-18(14-19(29)15-26)24-27-22(16-4-8-20(32-2)9-5-16)23(34-24)17-6-10-21(33-3)11-7-17/h4-11,18-19,31H,12-14H2,1-3H3. The van der Waals surface area contributed by atoms with Crippen molar-refractivity contribution in [2.75, 3.05) is 27.8 Å². The minimum atomic E-state index is -0.693. The number of methoxy groups -OCH3 is 2. The SMILES string of the molecule is COc1ccc(-c2nc(C3CCN(C(=O)N(C)O)C(C#N)C3)oc2-c2ccc(OC)cc2)cc1. The molecule has 0 radical (unpaired) electrons. The Labute approximate surface area is 197 Å². The summed E-state index contributed by atoms with van der Waals surface area (Å²) in [5.74, 6) is 2.45. The first-order valence-electron chi connectivity index (χ1n) is 10.9. The third kappa shape index (κ3) is 4.54. The minimum Gasteiger partial charge on any atom is -0.497 e. The number of nitrogens with zero attached hydrogens (tertiary/aromatic N) is 4. The summed E-state index contributed by atoms with van der Waals surface area (Å²) in [5.41, 5.74) is 2.40. The highest BCUT2D eigenvalue weighted by atomic mass is 16.5. The number of benzene rings is 2. The molecule has 0 aliphatic carbocycles. The van der Waals surface area contributed by atoms with Crippen LogP contribution in [0.5, 0.6) is 11.5 Å². The van der Waals surface area contributed by atoms with Crippen molar-refractivity contribution in [2.45, 2.75) is 24.8 Å². The summed E-state index contributed by atoms with van der Waals surface area (Å²) in [4.78, 5) is 18.4. The van der Waals surface area contributed by atoms with Crippen LogP contribution in [0.4, 0.5) is 4.79 Å². The van der Waals surface area contributed by atoms with Gasteiger partial charge in [0.15, 0.2) is 11.7 Å². The van der Waals surface area contributed by atoms with E-state index < -0.39 is 12.1 Å². The summed E-state index contributed by atoms with van der Waals surface area (Å²) >= 11 is 0. The van der Waals surface area contributed by atoms with Crippen LogP contribution in [0, 0.1) is 11.3 Å². The van der Waals surface area contributed by atoms with Crippen molar-refractivity contribution in [3.8, 4) is 40.1 Å².